The van der Waals surface area contributed by atoms with E-state index in [1.807, 2.05) is 0 Å². The Morgan fingerprint density at radius 1 is 0.960 bits per heavy atom. The molecule has 0 fully saturated rings. The molecule has 3 N–H and O–H groups in total. The fourth-order valence-electron chi connectivity index (χ4n) is 2.00. The van der Waals surface area contributed by atoms with Gasteiger partial charge in [0, 0.05) is 16.1 Å². The minimum atomic E-state index is -1.06. The zero-order chi connectivity index (χ0) is 18.4. The number of halogens is 1. The van der Waals surface area contributed by atoms with Crippen molar-refractivity contribution < 1.29 is 23.9 Å². The van der Waals surface area contributed by atoms with Gasteiger partial charge in [0.15, 0.2) is 12.4 Å². The Labute approximate surface area is 147 Å². The molecule has 0 radical (unpaired) electrons. The predicted molar refractivity (Wildman–Crippen MR) is 89.3 cm³/mol. The Hall–Kier alpha value is -3.19. The van der Waals surface area contributed by atoms with E-state index in [0.717, 1.165) is 0 Å². The largest absolute Gasteiger partial charge is 0.452 e. The number of amides is 3. The normalized spacial score (nSPS) is 9.96. The van der Waals surface area contributed by atoms with Gasteiger partial charge in [-0.05, 0) is 30.3 Å². The standard InChI is InChI=1S/C17H13ClN2O5/c18-11-7-5-10(6-8-11)15(22)12-3-1-2-4-13(12)16(23)25-9-14(21)20-17(19)24/h1-8H,9H2,(H3,19,20,21,24). The van der Waals surface area contributed by atoms with Gasteiger partial charge in [0.05, 0.1) is 5.56 Å². The first kappa shape index (κ1) is 18.2. The smallest absolute Gasteiger partial charge is 0.339 e. The van der Waals surface area contributed by atoms with Crippen LogP contribution in [-0.2, 0) is 9.53 Å². The van der Waals surface area contributed by atoms with E-state index >= 15 is 0 Å². The molecule has 3 amide bonds. The Balaban J connectivity index is 2.18. The molecule has 0 saturated heterocycles. The number of hydrogen-bond donors (Lipinski definition) is 2. The third kappa shape index (κ3) is 4.89. The summed E-state index contributed by atoms with van der Waals surface area (Å²) >= 11 is 5.79. The summed E-state index contributed by atoms with van der Waals surface area (Å²) in [5.74, 6) is -2.15. The van der Waals surface area contributed by atoms with E-state index in [1.54, 1.807) is 29.6 Å². The lowest BCUT2D eigenvalue weighted by atomic mass is 9.98. The lowest BCUT2D eigenvalue weighted by Gasteiger charge is -2.09. The number of urea groups is 1. The fraction of sp³-hybridized carbons (Fsp3) is 0.0588. The van der Waals surface area contributed by atoms with E-state index in [2.05, 4.69) is 0 Å². The van der Waals surface area contributed by atoms with Crippen LogP contribution in [0.3, 0.4) is 0 Å². The maximum atomic E-state index is 12.6. The number of esters is 1. The Bertz CT molecular complexity index is 833. The van der Waals surface area contributed by atoms with E-state index < -0.39 is 30.3 Å². The zero-order valence-electron chi connectivity index (χ0n) is 12.8. The van der Waals surface area contributed by atoms with Crippen LogP contribution in [0.15, 0.2) is 48.5 Å². The van der Waals surface area contributed by atoms with E-state index in [9.17, 15) is 19.2 Å². The highest BCUT2D eigenvalue weighted by Crippen LogP contribution is 2.17. The molecule has 128 valence electrons. The summed E-state index contributed by atoms with van der Waals surface area (Å²) in [4.78, 5) is 46.6. The molecule has 7 nitrogen and oxygen atoms in total. The number of primary amides is 1. The number of carbonyl (C=O) groups excluding carboxylic acids is 4. The number of ketones is 1. The van der Waals surface area contributed by atoms with Crippen molar-refractivity contribution in [2.24, 2.45) is 5.73 Å². The van der Waals surface area contributed by atoms with Crippen LogP contribution in [0.25, 0.3) is 0 Å². The summed E-state index contributed by atoms with van der Waals surface area (Å²) in [5.41, 5.74) is 5.24. The van der Waals surface area contributed by atoms with Gasteiger partial charge >= 0.3 is 12.0 Å². The van der Waals surface area contributed by atoms with Gasteiger partial charge in [0.1, 0.15) is 0 Å². The highest BCUT2D eigenvalue weighted by molar-refractivity contribution is 6.30. The van der Waals surface area contributed by atoms with Gasteiger partial charge in [0.2, 0.25) is 0 Å². The number of ether oxygens (including phenoxy) is 1. The van der Waals surface area contributed by atoms with Crippen LogP contribution < -0.4 is 11.1 Å². The molecule has 0 bridgehead atoms. The van der Waals surface area contributed by atoms with Crippen molar-refractivity contribution in [3.05, 3.63) is 70.2 Å². The molecule has 0 heterocycles. The molecule has 0 aliphatic rings. The van der Waals surface area contributed by atoms with Gasteiger partial charge in [-0.25, -0.2) is 9.59 Å². The van der Waals surface area contributed by atoms with E-state index in [-0.39, 0.29) is 11.1 Å². The number of hydrogen-bond acceptors (Lipinski definition) is 5. The topological polar surface area (TPSA) is 116 Å². The van der Waals surface area contributed by atoms with E-state index in [0.29, 0.717) is 10.6 Å². The van der Waals surface area contributed by atoms with Crippen molar-refractivity contribution in [2.75, 3.05) is 6.61 Å². The van der Waals surface area contributed by atoms with Gasteiger partial charge in [-0.2, -0.15) is 0 Å². The first-order valence-electron chi connectivity index (χ1n) is 7.04. The number of benzene rings is 2. The molecular weight excluding hydrogens is 348 g/mol. The second-order valence-electron chi connectivity index (χ2n) is 4.87. The lowest BCUT2D eigenvalue weighted by Crippen LogP contribution is -2.37. The molecule has 8 heteroatoms. The maximum Gasteiger partial charge on any atom is 0.339 e. The van der Waals surface area contributed by atoms with Gasteiger partial charge < -0.3 is 10.5 Å². The van der Waals surface area contributed by atoms with Crippen LogP contribution in [0.4, 0.5) is 4.79 Å². The molecule has 0 aromatic heterocycles. The van der Waals surface area contributed by atoms with Crippen molar-refractivity contribution in [3.8, 4) is 0 Å². The molecule has 2 aromatic carbocycles. The first-order chi connectivity index (χ1) is 11.9. The van der Waals surface area contributed by atoms with Crippen molar-refractivity contribution in [2.45, 2.75) is 0 Å². The van der Waals surface area contributed by atoms with E-state index in [1.165, 1.54) is 24.3 Å². The van der Waals surface area contributed by atoms with Crippen molar-refractivity contribution >= 4 is 35.3 Å². The van der Waals surface area contributed by atoms with Gasteiger partial charge in [0.25, 0.3) is 5.91 Å². The van der Waals surface area contributed by atoms with Gasteiger partial charge in [-0.15, -0.1) is 0 Å². The van der Waals surface area contributed by atoms with Gasteiger partial charge in [-0.1, -0.05) is 29.8 Å². The molecule has 2 rings (SSSR count). The molecule has 0 unspecified atom stereocenters. The fourth-order valence-corrected chi connectivity index (χ4v) is 2.12. The summed E-state index contributed by atoms with van der Waals surface area (Å²) in [5, 5.41) is 2.24. The average molecular weight is 361 g/mol. The summed E-state index contributed by atoms with van der Waals surface area (Å²) < 4.78 is 4.80. The molecule has 0 atom stereocenters. The first-order valence-corrected chi connectivity index (χ1v) is 7.42. The van der Waals surface area contributed by atoms with Crippen LogP contribution in [0.5, 0.6) is 0 Å². The quantitative estimate of drug-likeness (QED) is 0.624. The second-order valence-corrected chi connectivity index (χ2v) is 5.31. The molecule has 25 heavy (non-hydrogen) atoms. The third-order valence-electron chi connectivity index (χ3n) is 3.09. The summed E-state index contributed by atoms with van der Waals surface area (Å²) in [6, 6.07) is 11.2. The average Bonchev–Trinajstić information content (AvgIpc) is 2.59. The molecular formula is C17H13ClN2O5. The zero-order valence-corrected chi connectivity index (χ0v) is 13.6. The summed E-state index contributed by atoms with van der Waals surface area (Å²) in [6.07, 6.45) is 0. The van der Waals surface area contributed by atoms with Crippen LogP contribution in [0.1, 0.15) is 26.3 Å². The number of nitrogens with one attached hydrogen (secondary N) is 1. The van der Waals surface area contributed by atoms with Crippen LogP contribution in [0, 0.1) is 0 Å². The summed E-state index contributed by atoms with van der Waals surface area (Å²) in [6.45, 7) is -0.703. The van der Waals surface area contributed by atoms with Crippen molar-refractivity contribution in [1.82, 2.24) is 5.32 Å². The van der Waals surface area contributed by atoms with Crippen LogP contribution >= 0.6 is 11.6 Å². The van der Waals surface area contributed by atoms with Crippen molar-refractivity contribution in [1.29, 1.82) is 0 Å². The molecule has 2 aromatic rings. The monoisotopic (exact) mass is 360 g/mol. The molecule has 0 spiro atoms. The lowest BCUT2D eigenvalue weighted by molar-refractivity contribution is -0.123. The van der Waals surface area contributed by atoms with Crippen LogP contribution in [-0.4, -0.2) is 30.3 Å². The molecule has 0 saturated carbocycles. The maximum absolute atomic E-state index is 12.6. The predicted octanol–water partition coefficient (Wildman–Crippen LogP) is 1.92. The Morgan fingerprint density at radius 3 is 2.16 bits per heavy atom. The second kappa shape index (κ2) is 8.07. The molecule has 0 aliphatic carbocycles. The van der Waals surface area contributed by atoms with Crippen LogP contribution in [0.2, 0.25) is 5.02 Å². The Morgan fingerprint density at radius 2 is 1.56 bits per heavy atom. The Kier molecular flexibility index (Phi) is 5.86. The number of carbonyl (C=O) groups is 4. The third-order valence-corrected chi connectivity index (χ3v) is 3.35. The summed E-state index contributed by atoms with van der Waals surface area (Å²) in [7, 11) is 0. The molecule has 0 aliphatic heterocycles. The minimum Gasteiger partial charge on any atom is -0.452 e. The SMILES string of the molecule is NC(=O)NC(=O)COC(=O)c1ccccc1C(=O)c1ccc(Cl)cc1. The number of nitrogens with two attached hydrogens (primary N) is 1. The van der Waals surface area contributed by atoms with Crippen molar-refractivity contribution in [3.63, 3.8) is 0 Å². The van der Waals surface area contributed by atoms with Gasteiger partial charge in [-0.3, -0.25) is 14.9 Å². The van der Waals surface area contributed by atoms with E-state index in [4.69, 9.17) is 22.1 Å². The highest BCUT2D eigenvalue weighted by atomic mass is 35.5. The highest BCUT2D eigenvalue weighted by Gasteiger charge is 2.20. The minimum absolute atomic E-state index is 0.00525. The number of imide groups is 1. The number of rotatable bonds is 5.